The summed E-state index contributed by atoms with van der Waals surface area (Å²) in [5.74, 6) is -1.13. The van der Waals surface area contributed by atoms with Gasteiger partial charge in [0.15, 0.2) is 0 Å². The van der Waals surface area contributed by atoms with E-state index in [0.29, 0.717) is 22.9 Å². The van der Waals surface area contributed by atoms with Crippen molar-refractivity contribution in [2.75, 3.05) is 17.5 Å². The molecule has 0 fully saturated rings. The van der Waals surface area contributed by atoms with Crippen molar-refractivity contribution in [2.24, 2.45) is 0 Å². The Morgan fingerprint density at radius 2 is 1.61 bits per heavy atom. The number of nitrogens with zero attached hydrogens (tertiary/aromatic N) is 2. The maximum Gasteiger partial charge on any atom is 0.264 e. The van der Waals surface area contributed by atoms with E-state index >= 15 is 0 Å². The molecule has 1 atom stereocenters. The molecular weight excluding hydrogens is 569 g/mol. The van der Waals surface area contributed by atoms with Crippen molar-refractivity contribution in [3.8, 4) is 5.75 Å². The number of nitrogens with one attached hydrogen (secondary N) is 1. The standard InChI is InChI=1S/C30H35ClFN3O5S/c1-6-40-25-15-13-24(14-16-25)35(41(38,39)26-17-11-23(32)12-18-26)20-28(36)34(19-22-9-7-8-10-27(22)31)21(2)29(37)33-30(3,4)5/h7-18,21H,6,19-20H2,1-5H3,(H,33,37). The van der Waals surface area contributed by atoms with Gasteiger partial charge in [0.2, 0.25) is 11.8 Å². The molecule has 0 aliphatic heterocycles. The monoisotopic (exact) mass is 603 g/mol. The number of sulfonamides is 1. The van der Waals surface area contributed by atoms with Crippen molar-refractivity contribution in [2.45, 2.75) is 57.6 Å². The van der Waals surface area contributed by atoms with E-state index in [-0.39, 0.29) is 17.1 Å². The minimum absolute atomic E-state index is 0.0368. The van der Waals surface area contributed by atoms with E-state index in [1.807, 2.05) is 27.7 Å². The van der Waals surface area contributed by atoms with E-state index < -0.39 is 45.8 Å². The minimum atomic E-state index is -4.33. The van der Waals surface area contributed by atoms with Crippen LogP contribution in [0.2, 0.25) is 5.02 Å². The van der Waals surface area contributed by atoms with E-state index in [1.54, 1.807) is 43.3 Å². The number of anilines is 1. The molecule has 3 aromatic carbocycles. The van der Waals surface area contributed by atoms with Gasteiger partial charge in [0.25, 0.3) is 10.0 Å². The van der Waals surface area contributed by atoms with Crippen LogP contribution >= 0.6 is 11.6 Å². The Morgan fingerprint density at radius 3 is 2.17 bits per heavy atom. The van der Waals surface area contributed by atoms with Crippen LogP contribution in [-0.2, 0) is 26.2 Å². The van der Waals surface area contributed by atoms with Crippen molar-refractivity contribution < 1.29 is 27.1 Å². The summed E-state index contributed by atoms with van der Waals surface area (Å²) in [5.41, 5.74) is 0.215. The molecule has 1 unspecified atom stereocenters. The van der Waals surface area contributed by atoms with Gasteiger partial charge in [-0.1, -0.05) is 29.8 Å². The lowest BCUT2D eigenvalue weighted by Crippen LogP contribution is -2.54. The van der Waals surface area contributed by atoms with E-state index in [4.69, 9.17) is 16.3 Å². The summed E-state index contributed by atoms with van der Waals surface area (Å²) >= 11 is 6.38. The number of halogens is 2. The summed E-state index contributed by atoms with van der Waals surface area (Å²) in [6.45, 7) is 8.60. The molecule has 1 N–H and O–H groups in total. The summed E-state index contributed by atoms with van der Waals surface area (Å²) in [4.78, 5) is 28.2. The molecule has 0 aliphatic rings. The fourth-order valence-corrected chi connectivity index (χ4v) is 5.61. The number of carbonyl (C=O) groups excluding carboxylic acids is 2. The molecule has 0 bridgehead atoms. The first kappa shape index (κ1) is 31.9. The minimum Gasteiger partial charge on any atom is -0.494 e. The normalized spacial score (nSPS) is 12.4. The van der Waals surface area contributed by atoms with Crippen LogP contribution in [0.25, 0.3) is 0 Å². The molecule has 2 amide bonds. The molecule has 0 aliphatic carbocycles. The van der Waals surface area contributed by atoms with Gasteiger partial charge in [-0.15, -0.1) is 0 Å². The van der Waals surface area contributed by atoms with Crippen LogP contribution in [0.5, 0.6) is 5.75 Å². The highest BCUT2D eigenvalue weighted by molar-refractivity contribution is 7.92. The lowest BCUT2D eigenvalue weighted by molar-refractivity contribution is -0.140. The molecule has 220 valence electrons. The van der Waals surface area contributed by atoms with Crippen molar-refractivity contribution in [3.05, 3.63) is 89.2 Å². The third kappa shape index (κ3) is 8.43. The second-order valence-corrected chi connectivity index (χ2v) is 12.7. The highest BCUT2D eigenvalue weighted by atomic mass is 35.5. The predicted octanol–water partition coefficient (Wildman–Crippen LogP) is 5.41. The SMILES string of the molecule is CCOc1ccc(N(CC(=O)N(Cc2ccccc2Cl)C(C)C(=O)NC(C)(C)C)S(=O)(=O)c2ccc(F)cc2)cc1. The topological polar surface area (TPSA) is 96.0 Å². The van der Waals surface area contributed by atoms with Crippen molar-refractivity contribution in [1.29, 1.82) is 0 Å². The van der Waals surface area contributed by atoms with Gasteiger partial charge in [0.05, 0.1) is 17.2 Å². The van der Waals surface area contributed by atoms with Gasteiger partial charge in [0.1, 0.15) is 24.2 Å². The predicted molar refractivity (Wildman–Crippen MR) is 158 cm³/mol. The van der Waals surface area contributed by atoms with Gasteiger partial charge in [-0.3, -0.25) is 13.9 Å². The smallest absolute Gasteiger partial charge is 0.264 e. The third-order valence-corrected chi connectivity index (χ3v) is 8.24. The van der Waals surface area contributed by atoms with E-state index in [2.05, 4.69) is 5.32 Å². The van der Waals surface area contributed by atoms with Crippen molar-refractivity contribution in [1.82, 2.24) is 10.2 Å². The average molecular weight is 604 g/mol. The Balaban J connectivity index is 2.05. The maximum absolute atomic E-state index is 14.0. The number of ether oxygens (including phenoxy) is 1. The second kappa shape index (κ2) is 13.4. The van der Waals surface area contributed by atoms with Gasteiger partial charge in [0, 0.05) is 17.1 Å². The van der Waals surface area contributed by atoms with Crippen LogP contribution in [0.15, 0.2) is 77.7 Å². The number of amides is 2. The average Bonchev–Trinajstić information content (AvgIpc) is 2.90. The molecule has 0 saturated heterocycles. The first-order chi connectivity index (χ1) is 19.2. The Morgan fingerprint density at radius 1 is 1.00 bits per heavy atom. The van der Waals surface area contributed by atoms with Crippen LogP contribution < -0.4 is 14.4 Å². The zero-order valence-corrected chi connectivity index (χ0v) is 25.3. The summed E-state index contributed by atoms with van der Waals surface area (Å²) in [6, 6.07) is 16.5. The van der Waals surface area contributed by atoms with Gasteiger partial charge in [-0.05, 0) is 94.8 Å². The molecule has 0 saturated carbocycles. The number of carbonyl (C=O) groups is 2. The van der Waals surface area contributed by atoms with Crippen LogP contribution in [-0.4, -0.2) is 49.9 Å². The third-order valence-electron chi connectivity index (χ3n) is 6.08. The van der Waals surface area contributed by atoms with Crippen LogP contribution in [0.4, 0.5) is 10.1 Å². The molecule has 0 aromatic heterocycles. The number of benzene rings is 3. The Bertz CT molecular complexity index is 1460. The number of hydrogen-bond acceptors (Lipinski definition) is 5. The number of hydrogen-bond donors (Lipinski definition) is 1. The Hall–Kier alpha value is -3.63. The van der Waals surface area contributed by atoms with Gasteiger partial charge < -0.3 is 15.0 Å². The molecule has 3 aromatic rings. The summed E-state index contributed by atoms with van der Waals surface area (Å²) < 4.78 is 47.7. The summed E-state index contributed by atoms with van der Waals surface area (Å²) in [6.07, 6.45) is 0. The highest BCUT2D eigenvalue weighted by Crippen LogP contribution is 2.27. The van der Waals surface area contributed by atoms with Gasteiger partial charge in [-0.25, -0.2) is 12.8 Å². The molecular formula is C30H35ClFN3O5S. The van der Waals surface area contributed by atoms with Gasteiger partial charge >= 0.3 is 0 Å². The lowest BCUT2D eigenvalue weighted by Gasteiger charge is -2.33. The molecule has 8 nitrogen and oxygen atoms in total. The molecule has 0 radical (unpaired) electrons. The fourth-order valence-electron chi connectivity index (χ4n) is 4.00. The van der Waals surface area contributed by atoms with Crippen LogP contribution in [0.3, 0.4) is 0 Å². The molecule has 11 heteroatoms. The quantitative estimate of drug-likeness (QED) is 0.316. The van der Waals surface area contributed by atoms with E-state index in [1.165, 1.54) is 17.0 Å². The Labute approximate surface area is 246 Å². The first-order valence-corrected chi connectivity index (χ1v) is 14.9. The van der Waals surface area contributed by atoms with Crippen molar-refractivity contribution in [3.63, 3.8) is 0 Å². The molecule has 41 heavy (non-hydrogen) atoms. The molecule has 0 spiro atoms. The van der Waals surface area contributed by atoms with Crippen molar-refractivity contribution >= 4 is 39.1 Å². The molecule has 3 rings (SSSR count). The van der Waals surface area contributed by atoms with Crippen LogP contribution in [0.1, 0.15) is 40.2 Å². The Kier molecular flexibility index (Phi) is 10.4. The number of rotatable bonds is 11. The zero-order valence-electron chi connectivity index (χ0n) is 23.7. The lowest BCUT2D eigenvalue weighted by atomic mass is 10.1. The van der Waals surface area contributed by atoms with E-state index in [0.717, 1.165) is 28.6 Å². The van der Waals surface area contributed by atoms with Gasteiger partial charge in [-0.2, -0.15) is 0 Å². The maximum atomic E-state index is 14.0. The summed E-state index contributed by atoms with van der Waals surface area (Å²) in [5, 5.41) is 3.27. The largest absolute Gasteiger partial charge is 0.494 e. The second-order valence-electron chi connectivity index (χ2n) is 10.4. The molecule has 0 heterocycles. The summed E-state index contributed by atoms with van der Waals surface area (Å²) in [7, 11) is -4.33. The fraction of sp³-hybridized carbons (Fsp3) is 0.333. The first-order valence-electron chi connectivity index (χ1n) is 13.1. The highest BCUT2D eigenvalue weighted by Gasteiger charge is 2.33. The van der Waals surface area contributed by atoms with Crippen LogP contribution in [0, 0.1) is 5.82 Å². The zero-order chi connectivity index (χ0) is 30.4. The van der Waals surface area contributed by atoms with E-state index in [9.17, 15) is 22.4 Å².